The molecule has 29 heavy (non-hydrogen) atoms. The molecule has 0 amide bonds. The third-order valence-corrected chi connectivity index (χ3v) is 6.16. The van der Waals surface area contributed by atoms with Crippen molar-refractivity contribution in [3.63, 3.8) is 0 Å². The van der Waals surface area contributed by atoms with Gasteiger partial charge in [0, 0.05) is 30.6 Å². The quantitative estimate of drug-likeness (QED) is 0.517. The average Bonchev–Trinajstić information content (AvgIpc) is 2.75. The van der Waals surface area contributed by atoms with Gasteiger partial charge in [0.1, 0.15) is 5.82 Å². The molecular formula is C26H37N3. The normalized spacial score (nSPS) is 15.7. The first-order valence-electron chi connectivity index (χ1n) is 11.4. The highest BCUT2D eigenvalue weighted by molar-refractivity contribution is 6.05. The van der Waals surface area contributed by atoms with E-state index in [0.29, 0.717) is 12.0 Å². The van der Waals surface area contributed by atoms with E-state index in [1.165, 1.54) is 60.1 Å². The maximum atomic E-state index is 4.78. The topological polar surface area (TPSA) is 37.3 Å². The minimum absolute atomic E-state index is 0.445. The molecule has 1 saturated carbocycles. The lowest BCUT2D eigenvalue weighted by atomic mass is 9.91. The van der Waals surface area contributed by atoms with E-state index in [0.717, 1.165) is 25.1 Å². The molecule has 0 radical (unpaired) electrons. The van der Waals surface area contributed by atoms with Crippen molar-refractivity contribution in [1.82, 2.24) is 4.98 Å². The van der Waals surface area contributed by atoms with E-state index in [1.54, 1.807) is 0 Å². The number of hydrogen-bond donors (Lipinski definition) is 1. The van der Waals surface area contributed by atoms with Crippen molar-refractivity contribution in [2.75, 3.05) is 12.4 Å². The summed E-state index contributed by atoms with van der Waals surface area (Å²) >= 11 is 0. The van der Waals surface area contributed by atoms with Crippen molar-refractivity contribution in [2.24, 2.45) is 4.99 Å². The third kappa shape index (κ3) is 5.68. The number of aromatic nitrogens is 1. The zero-order valence-electron chi connectivity index (χ0n) is 18.7. The lowest BCUT2D eigenvalue weighted by Crippen LogP contribution is -2.25. The Kier molecular flexibility index (Phi) is 7.85. The number of nitrogens with zero attached hydrogens (tertiary/aromatic N) is 2. The van der Waals surface area contributed by atoms with E-state index in [-0.39, 0.29) is 0 Å². The lowest BCUT2D eigenvalue weighted by Gasteiger charge is -2.26. The largest absolute Gasteiger partial charge is 0.367 e. The van der Waals surface area contributed by atoms with Gasteiger partial charge in [-0.25, -0.2) is 4.98 Å². The summed E-state index contributed by atoms with van der Waals surface area (Å²) in [4.78, 5) is 9.52. The molecule has 0 saturated heterocycles. The Labute approximate surface area is 177 Å². The maximum Gasteiger partial charge on any atom is 0.135 e. The third-order valence-electron chi connectivity index (χ3n) is 6.16. The highest BCUT2D eigenvalue weighted by Crippen LogP contribution is 2.29. The molecule has 1 aliphatic carbocycles. The molecule has 0 aliphatic heterocycles. The molecule has 1 aromatic heterocycles. The fourth-order valence-electron chi connectivity index (χ4n) is 4.43. The summed E-state index contributed by atoms with van der Waals surface area (Å²) in [6, 6.07) is 11.7. The minimum atomic E-state index is 0.445. The van der Waals surface area contributed by atoms with Crippen molar-refractivity contribution in [2.45, 2.75) is 84.1 Å². The molecule has 3 heteroatoms. The van der Waals surface area contributed by atoms with Crippen LogP contribution < -0.4 is 5.32 Å². The molecule has 156 valence electrons. The molecule has 0 spiro atoms. The highest BCUT2D eigenvalue weighted by Gasteiger charge is 2.21. The number of nitrogens with one attached hydrogen (secondary N) is 1. The predicted octanol–water partition coefficient (Wildman–Crippen LogP) is 6.56. The van der Waals surface area contributed by atoms with E-state index in [4.69, 9.17) is 9.98 Å². The smallest absolute Gasteiger partial charge is 0.135 e. The van der Waals surface area contributed by atoms with Crippen LogP contribution >= 0.6 is 0 Å². The van der Waals surface area contributed by atoms with Crippen LogP contribution in [0.2, 0.25) is 0 Å². The van der Waals surface area contributed by atoms with Gasteiger partial charge >= 0.3 is 0 Å². The molecule has 0 bridgehead atoms. The first kappa shape index (κ1) is 21.5. The molecule has 1 heterocycles. The van der Waals surface area contributed by atoms with Gasteiger partial charge < -0.3 is 5.32 Å². The van der Waals surface area contributed by atoms with Crippen molar-refractivity contribution in [3.05, 3.63) is 58.8 Å². The van der Waals surface area contributed by atoms with Gasteiger partial charge in [-0.05, 0) is 60.8 Å². The first-order valence-corrected chi connectivity index (χ1v) is 11.4. The van der Waals surface area contributed by atoms with Gasteiger partial charge in [-0.15, -0.1) is 0 Å². The Morgan fingerprint density at radius 2 is 1.90 bits per heavy atom. The number of aliphatic imine (C=N–C) groups is 1. The SMILES string of the molecule is CCc1cccc(CCC(=NC)c2c(C(C)C)ccnc2NC2CCCCC2)c1. The van der Waals surface area contributed by atoms with Crippen LogP contribution in [0.15, 0.2) is 41.5 Å². The van der Waals surface area contributed by atoms with Gasteiger partial charge in [0.2, 0.25) is 0 Å². The van der Waals surface area contributed by atoms with E-state index in [1.807, 2.05) is 13.2 Å². The fourth-order valence-corrected chi connectivity index (χ4v) is 4.43. The molecule has 1 aliphatic rings. The number of rotatable bonds is 8. The molecule has 0 unspecified atom stereocenters. The van der Waals surface area contributed by atoms with E-state index in [9.17, 15) is 0 Å². The highest BCUT2D eigenvalue weighted by atomic mass is 15.0. The maximum absolute atomic E-state index is 4.78. The second kappa shape index (κ2) is 10.6. The van der Waals surface area contributed by atoms with Crippen LogP contribution in [0.3, 0.4) is 0 Å². The van der Waals surface area contributed by atoms with Crippen LogP contribution in [0, 0.1) is 0 Å². The lowest BCUT2D eigenvalue weighted by molar-refractivity contribution is 0.462. The summed E-state index contributed by atoms with van der Waals surface area (Å²) in [7, 11) is 1.93. The molecule has 2 aromatic rings. The van der Waals surface area contributed by atoms with Gasteiger partial charge in [-0.3, -0.25) is 4.99 Å². The van der Waals surface area contributed by atoms with Crippen LogP contribution in [-0.4, -0.2) is 23.8 Å². The second-order valence-electron chi connectivity index (χ2n) is 8.60. The number of hydrogen-bond acceptors (Lipinski definition) is 3. The van der Waals surface area contributed by atoms with Gasteiger partial charge in [0.15, 0.2) is 0 Å². The summed E-state index contributed by atoms with van der Waals surface area (Å²) in [6.45, 7) is 6.74. The summed E-state index contributed by atoms with van der Waals surface area (Å²) in [6.07, 6.45) is 11.5. The average molecular weight is 392 g/mol. The Bertz CT molecular complexity index is 816. The number of anilines is 1. The fraction of sp³-hybridized carbons (Fsp3) is 0.538. The van der Waals surface area contributed by atoms with Crippen LogP contribution in [0.25, 0.3) is 0 Å². The molecule has 1 fully saturated rings. The Morgan fingerprint density at radius 1 is 1.14 bits per heavy atom. The van der Waals surface area contributed by atoms with Crippen LogP contribution in [0.4, 0.5) is 5.82 Å². The first-order chi connectivity index (χ1) is 14.1. The van der Waals surface area contributed by atoms with Crippen LogP contribution in [-0.2, 0) is 12.8 Å². The number of pyridine rings is 1. The molecule has 0 atom stereocenters. The van der Waals surface area contributed by atoms with Gasteiger partial charge in [-0.2, -0.15) is 0 Å². The molecule has 1 aromatic carbocycles. The molecule has 3 nitrogen and oxygen atoms in total. The monoisotopic (exact) mass is 391 g/mol. The van der Waals surface area contributed by atoms with Crippen molar-refractivity contribution in [3.8, 4) is 0 Å². The van der Waals surface area contributed by atoms with E-state index in [2.05, 4.69) is 56.4 Å². The Hall–Kier alpha value is -2.16. The molecular weight excluding hydrogens is 354 g/mol. The summed E-state index contributed by atoms with van der Waals surface area (Å²) in [5.74, 6) is 1.48. The standard InChI is InChI=1S/C26H37N3/c1-5-20-10-9-11-21(18-20)14-15-24(27-4)25-23(19(2)3)16-17-28-26(25)29-22-12-7-6-8-13-22/h9-11,16-19,22H,5-8,12-15H2,1-4H3,(H,28,29). The number of benzene rings is 1. The zero-order valence-corrected chi connectivity index (χ0v) is 18.7. The van der Waals surface area contributed by atoms with Gasteiger partial charge in [-0.1, -0.05) is 64.3 Å². The van der Waals surface area contributed by atoms with Gasteiger partial charge in [0.25, 0.3) is 0 Å². The number of aryl methyl sites for hydroxylation is 2. The minimum Gasteiger partial charge on any atom is -0.367 e. The van der Waals surface area contributed by atoms with E-state index < -0.39 is 0 Å². The molecule has 1 N–H and O–H groups in total. The summed E-state index contributed by atoms with van der Waals surface area (Å²) < 4.78 is 0. The summed E-state index contributed by atoms with van der Waals surface area (Å²) in [5, 5.41) is 3.78. The molecule has 3 rings (SSSR count). The van der Waals surface area contributed by atoms with E-state index >= 15 is 0 Å². The van der Waals surface area contributed by atoms with Crippen molar-refractivity contribution in [1.29, 1.82) is 0 Å². The summed E-state index contributed by atoms with van der Waals surface area (Å²) in [5.41, 5.74) is 6.55. The van der Waals surface area contributed by atoms with Crippen molar-refractivity contribution < 1.29 is 0 Å². The predicted molar refractivity (Wildman–Crippen MR) is 125 cm³/mol. The van der Waals surface area contributed by atoms with Crippen molar-refractivity contribution >= 4 is 11.5 Å². The zero-order chi connectivity index (χ0) is 20.6. The van der Waals surface area contributed by atoms with Gasteiger partial charge in [0.05, 0.1) is 0 Å². The Morgan fingerprint density at radius 3 is 2.59 bits per heavy atom. The second-order valence-corrected chi connectivity index (χ2v) is 8.60. The Balaban J connectivity index is 1.86. The van der Waals surface area contributed by atoms with Crippen LogP contribution in [0.5, 0.6) is 0 Å². The van der Waals surface area contributed by atoms with Crippen LogP contribution in [0.1, 0.15) is 87.5 Å².